The molecule has 0 aliphatic carbocycles. The van der Waals surface area contributed by atoms with E-state index in [0.717, 1.165) is 17.2 Å². The van der Waals surface area contributed by atoms with Crippen molar-refractivity contribution in [2.75, 3.05) is 6.61 Å². The molecule has 0 bridgehead atoms. The highest BCUT2D eigenvalue weighted by Gasteiger charge is 2.33. The fourth-order valence-corrected chi connectivity index (χ4v) is 1.97. The average molecular weight is 333 g/mol. The zero-order chi connectivity index (χ0) is 16.3. The van der Waals surface area contributed by atoms with Crippen LogP contribution in [-0.4, -0.2) is 16.4 Å². The minimum Gasteiger partial charge on any atom is -0.491 e. The molecule has 0 aliphatic rings. The van der Waals surface area contributed by atoms with E-state index in [0.29, 0.717) is 29.0 Å². The molecule has 1 aromatic carbocycles. The molecule has 0 atom stereocenters. The molecule has 0 saturated heterocycles. The standard InChI is InChI=1S/C15H16ClF3N2O/c1-10(2)6-8-22-13-4-3-11(16)9-12(13)21-7-5-14(20-21)15(17,18)19/h3-5,7,9-10H,6,8H2,1-2H3. The fourth-order valence-electron chi connectivity index (χ4n) is 1.81. The first-order chi connectivity index (χ1) is 10.3. The predicted molar refractivity (Wildman–Crippen MR) is 78.5 cm³/mol. The van der Waals surface area contributed by atoms with Gasteiger partial charge in [0.15, 0.2) is 5.69 Å². The molecular weight excluding hydrogens is 317 g/mol. The van der Waals surface area contributed by atoms with E-state index in [9.17, 15) is 13.2 Å². The summed E-state index contributed by atoms with van der Waals surface area (Å²) in [5, 5.41) is 3.95. The summed E-state index contributed by atoms with van der Waals surface area (Å²) in [7, 11) is 0. The second kappa shape index (κ2) is 6.60. The number of benzene rings is 1. The molecular formula is C15H16ClF3N2O. The largest absolute Gasteiger partial charge is 0.491 e. The SMILES string of the molecule is CC(C)CCOc1ccc(Cl)cc1-n1ccc(C(F)(F)F)n1. The zero-order valence-electron chi connectivity index (χ0n) is 12.2. The van der Waals surface area contributed by atoms with E-state index in [1.54, 1.807) is 12.1 Å². The summed E-state index contributed by atoms with van der Waals surface area (Å²) in [5.41, 5.74) is -0.577. The Morgan fingerprint density at radius 1 is 1.27 bits per heavy atom. The molecule has 2 rings (SSSR count). The summed E-state index contributed by atoms with van der Waals surface area (Å²) in [6.45, 7) is 4.60. The van der Waals surface area contributed by atoms with Crippen molar-refractivity contribution in [3.8, 4) is 11.4 Å². The van der Waals surface area contributed by atoms with Crippen molar-refractivity contribution in [3.05, 3.63) is 41.2 Å². The van der Waals surface area contributed by atoms with E-state index in [4.69, 9.17) is 16.3 Å². The smallest absolute Gasteiger partial charge is 0.435 e. The van der Waals surface area contributed by atoms with E-state index in [2.05, 4.69) is 18.9 Å². The summed E-state index contributed by atoms with van der Waals surface area (Å²) < 4.78 is 44.7. The molecule has 1 heterocycles. The van der Waals surface area contributed by atoms with Crippen LogP contribution in [0.2, 0.25) is 5.02 Å². The number of aromatic nitrogens is 2. The Kier molecular flexibility index (Phi) is 5.01. The van der Waals surface area contributed by atoms with Gasteiger partial charge in [-0.1, -0.05) is 25.4 Å². The lowest BCUT2D eigenvalue weighted by Crippen LogP contribution is -2.08. The van der Waals surface area contributed by atoms with E-state index >= 15 is 0 Å². The van der Waals surface area contributed by atoms with Crippen LogP contribution >= 0.6 is 11.6 Å². The van der Waals surface area contributed by atoms with E-state index in [1.807, 2.05) is 0 Å². The van der Waals surface area contributed by atoms with Crippen LogP contribution in [0.4, 0.5) is 13.2 Å². The van der Waals surface area contributed by atoms with Crippen molar-refractivity contribution in [1.82, 2.24) is 9.78 Å². The third-order valence-corrected chi connectivity index (χ3v) is 3.24. The monoisotopic (exact) mass is 332 g/mol. The van der Waals surface area contributed by atoms with Crippen molar-refractivity contribution in [1.29, 1.82) is 0 Å². The molecule has 0 amide bonds. The highest BCUT2D eigenvalue weighted by Crippen LogP contribution is 2.31. The van der Waals surface area contributed by atoms with E-state index in [1.165, 1.54) is 12.3 Å². The van der Waals surface area contributed by atoms with Crippen LogP contribution in [0.1, 0.15) is 26.0 Å². The lowest BCUT2D eigenvalue weighted by atomic mass is 10.1. The number of ether oxygens (including phenoxy) is 1. The van der Waals surface area contributed by atoms with Crippen LogP contribution in [0.5, 0.6) is 5.75 Å². The maximum absolute atomic E-state index is 12.7. The second-order valence-corrected chi connectivity index (χ2v) is 5.72. The van der Waals surface area contributed by atoms with Crippen LogP contribution in [-0.2, 0) is 6.18 Å². The summed E-state index contributed by atoms with van der Waals surface area (Å²) in [6, 6.07) is 5.70. The van der Waals surface area contributed by atoms with Gasteiger partial charge in [0, 0.05) is 11.2 Å². The van der Waals surface area contributed by atoms with Crippen LogP contribution in [0.15, 0.2) is 30.5 Å². The van der Waals surface area contributed by atoms with Gasteiger partial charge in [0.25, 0.3) is 0 Å². The van der Waals surface area contributed by atoms with Gasteiger partial charge < -0.3 is 4.74 Å². The molecule has 0 fully saturated rings. The van der Waals surface area contributed by atoms with Gasteiger partial charge in [-0.25, -0.2) is 4.68 Å². The molecule has 3 nitrogen and oxygen atoms in total. The van der Waals surface area contributed by atoms with Crippen LogP contribution < -0.4 is 4.74 Å². The molecule has 0 unspecified atom stereocenters. The van der Waals surface area contributed by atoms with Crippen molar-refractivity contribution in [2.45, 2.75) is 26.4 Å². The number of hydrogen-bond donors (Lipinski definition) is 0. The van der Waals surface area contributed by atoms with Gasteiger partial charge in [0.05, 0.1) is 6.61 Å². The second-order valence-electron chi connectivity index (χ2n) is 5.29. The minimum atomic E-state index is -4.48. The van der Waals surface area contributed by atoms with Crippen molar-refractivity contribution in [3.63, 3.8) is 0 Å². The Bertz CT molecular complexity index is 638. The van der Waals surface area contributed by atoms with Gasteiger partial charge in [-0.2, -0.15) is 18.3 Å². The van der Waals surface area contributed by atoms with E-state index < -0.39 is 11.9 Å². The van der Waals surface area contributed by atoms with Crippen LogP contribution in [0.3, 0.4) is 0 Å². The number of halogens is 4. The third-order valence-electron chi connectivity index (χ3n) is 3.00. The Morgan fingerprint density at radius 3 is 2.59 bits per heavy atom. The number of rotatable bonds is 5. The van der Waals surface area contributed by atoms with Gasteiger partial charge in [-0.15, -0.1) is 0 Å². The highest BCUT2D eigenvalue weighted by atomic mass is 35.5. The van der Waals surface area contributed by atoms with Gasteiger partial charge in [-0.05, 0) is 36.6 Å². The topological polar surface area (TPSA) is 27.1 Å². The maximum Gasteiger partial charge on any atom is 0.435 e. The summed E-state index contributed by atoms with van der Waals surface area (Å²) in [6.07, 6.45) is -2.40. The maximum atomic E-state index is 12.7. The van der Waals surface area contributed by atoms with E-state index in [-0.39, 0.29) is 0 Å². The summed E-state index contributed by atoms with van der Waals surface area (Å²) >= 11 is 5.93. The molecule has 0 N–H and O–H groups in total. The molecule has 2 aromatic rings. The molecule has 22 heavy (non-hydrogen) atoms. The molecule has 0 aliphatic heterocycles. The Labute approximate surface area is 131 Å². The van der Waals surface area contributed by atoms with Crippen molar-refractivity contribution < 1.29 is 17.9 Å². The van der Waals surface area contributed by atoms with Gasteiger partial charge in [0.2, 0.25) is 0 Å². The molecule has 0 radical (unpaired) electrons. The number of alkyl halides is 3. The number of nitrogens with zero attached hydrogens (tertiary/aromatic N) is 2. The highest BCUT2D eigenvalue weighted by molar-refractivity contribution is 6.30. The Hall–Kier alpha value is -1.69. The molecule has 0 spiro atoms. The van der Waals surface area contributed by atoms with Crippen molar-refractivity contribution >= 4 is 11.6 Å². The van der Waals surface area contributed by atoms with Crippen LogP contribution in [0, 0.1) is 5.92 Å². The van der Waals surface area contributed by atoms with Gasteiger partial charge in [-0.3, -0.25) is 0 Å². The first-order valence-corrected chi connectivity index (χ1v) is 7.21. The molecule has 120 valence electrons. The zero-order valence-corrected chi connectivity index (χ0v) is 12.9. The lowest BCUT2D eigenvalue weighted by Gasteiger charge is -2.13. The predicted octanol–water partition coefficient (Wildman–Crippen LogP) is 4.97. The molecule has 1 aromatic heterocycles. The minimum absolute atomic E-state index is 0.381. The lowest BCUT2D eigenvalue weighted by molar-refractivity contribution is -0.141. The molecule has 0 saturated carbocycles. The first kappa shape index (κ1) is 16.7. The number of hydrogen-bond acceptors (Lipinski definition) is 2. The van der Waals surface area contributed by atoms with Crippen molar-refractivity contribution in [2.24, 2.45) is 5.92 Å². The van der Waals surface area contributed by atoms with Crippen LogP contribution in [0.25, 0.3) is 5.69 Å². The quantitative estimate of drug-likeness (QED) is 0.773. The fraction of sp³-hybridized carbons (Fsp3) is 0.400. The normalized spacial score (nSPS) is 12.0. The van der Waals surface area contributed by atoms with Gasteiger partial charge >= 0.3 is 6.18 Å². The molecule has 7 heteroatoms. The Balaban J connectivity index is 2.29. The summed E-state index contributed by atoms with van der Waals surface area (Å²) in [4.78, 5) is 0. The Morgan fingerprint density at radius 2 is 2.00 bits per heavy atom. The van der Waals surface area contributed by atoms with Gasteiger partial charge in [0.1, 0.15) is 11.4 Å². The average Bonchev–Trinajstić information content (AvgIpc) is 2.89. The first-order valence-electron chi connectivity index (χ1n) is 6.83. The third kappa shape index (κ3) is 4.16. The summed E-state index contributed by atoms with van der Waals surface area (Å²) in [5.74, 6) is 0.916.